The molecule has 9 heteroatoms. The Morgan fingerprint density at radius 1 is 1.00 bits per heavy atom. The molecule has 1 aliphatic rings. The Balaban J connectivity index is 1.52. The van der Waals surface area contributed by atoms with Crippen LogP contribution in [0.1, 0.15) is 31.7 Å². The van der Waals surface area contributed by atoms with Crippen molar-refractivity contribution in [3.63, 3.8) is 0 Å². The van der Waals surface area contributed by atoms with E-state index in [1.807, 2.05) is 18.2 Å². The minimum Gasteiger partial charge on any atom is -0.481 e. The van der Waals surface area contributed by atoms with Gasteiger partial charge < -0.3 is 26.0 Å². The van der Waals surface area contributed by atoms with Gasteiger partial charge in [0.15, 0.2) is 0 Å². The van der Waals surface area contributed by atoms with Crippen LogP contribution in [-0.2, 0) is 20.8 Å². The van der Waals surface area contributed by atoms with E-state index < -0.39 is 18.1 Å². The lowest BCUT2D eigenvalue weighted by atomic mass is 10.1. The van der Waals surface area contributed by atoms with Crippen molar-refractivity contribution < 1.29 is 24.3 Å². The molecule has 4 N–H and O–H groups in total. The molecule has 0 saturated carbocycles. The number of rotatable bonds is 8. The molecule has 1 aliphatic heterocycles. The standard InChI is InChI=1S/C24H28N4O5/c1-16(14-22(30)31)25-23(32)20-8-5-13-28(20)21(29)15-17-9-11-19(12-10-17)27-24(33)26-18-6-3-2-4-7-18/h2-4,6-7,9-12,16,20H,5,8,13-15H2,1H3,(H,25,32)(H,30,31)(H2,26,27,33)/t16-,20-/m1/s1. The number of nitrogens with zero attached hydrogens (tertiary/aromatic N) is 1. The third-order valence-corrected chi connectivity index (χ3v) is 5.34. The second-order valence-corrected chi connectivity index (χ2v) is 8.07. The maximum Gasteiger partial charge on any atom is 0.323 e. The number of anilines is 2. The number of carboxylic acids is 1. The Kier molecular flexibility index (Phi) is 8.01. The van der Waals surface area contributed by atoms with Crippen molar-refractivity contribution in [3.05, 3.63) is 60.2 Å². The molecule has 0 aromatic heterocycles. The molecule has 2 atom stereocenters. The minimum atomic E-state index is -0.988. The van der Waals surface area contributed by atoms with Gasteiger partial charge in [-0.2, -0.15) is 0 Å². The number of amides is 4. The lowest BCUT2D eigenvalue weighted by Crippen LogP contribution is -2.49. The molecular weight excluding hydrogens is 424 g/mol. The van der Waals surface area contributed by atoms with Gasteiger partial charge >= 0.3 is 12.0 Å². The van der Waals surface area contributed by atoms with Gasteiger partial charge in [0.1, 0.15) is 6.04 Å². The van der Waals surface area contributed by atoms with Crippen molar-refractivity contribution in [2.75, 3.05) is 17.2 Å². The third-order valence-electron chi connectivity index (χ3n) is 5.34. The topological polar surface area (TPSA) is 128 Å². The maximum absolute atomic E-state index is 12.8. The summed E-state index contributed by atoms with van der Waals surface area (Å²) in [7, 11) is 0. The molecule has 0 spiro atoms. The zero-order valence-corrected chi connectivity index (χ0v) is 18.4. The predicted molar refractivity (Wildman–Crippen MR) is 124 cm³/mol. The third kappa shape index (κ3) is 7.06. The van der Waals surface area contributed by atoms with Crippen molar-refractivity contribution in [1.82, 2.24) is 10.2 Å². The number of para-hydroxylation sites is 1. The molecular formula is C24H28N4O5. The van der Waals surface area contributed by atoms with E-state index in [4.69, 9.17) is 5.11 Å². The van der Waals surface area contributed by atoms with Crippen LogP contribution >= 0.6 is 0 Å². The Morgan fingerprint density at radius 2 is 1.64 bits per heavy atom. The van der Waals surface area contributed by atoms with Crippen molar-refractivity contribution >= 4 is 35.2 Å². The number of nitrogens with one attached hydrogen (secondary N) is 3. The molecule has 0 unspecified atom stereocenters. The lowest BCUT2D eigenvalue weighted by Gasteiger charge is -2.25. The summed E-state index contributed by atoms with van der Waals surface area (Å²) in [4.78, 5) is 49.8. The maximum atomic E-state index is 12.8. The van der Waals surface area contributed by atoms with Crippen LogP contribution in [0, 0.1) is 0 Å². The van der Waals surface area contributed by atoms with Crippen LogP contribution in [0.3, 0.4) is 0 Å². The summed E-state index contributed by atoms with van der Waals surface area (Å²) in [6.07, 6.45) is 1.23. The fourth-order valence-corrected chi connectivity index (χ4v) is 3.79. The first-order valence-electron chi connectivity index (χ1n) is 10.9. The number of carboxylic acid groups (broad SMARTS) is 1. The summed E-state index contributed by atoms with van der Waals surface area (Å²) in [5.41, 5.74) is 2.03. The largest absolute Gasteiger partial charge is 0.481 e. The van der Waals surface area contributed by atoms with Crippen LogP contribution in [0.25, 0.3) is 0 Å². The number of carbonyl (C=O) groups is 4. The summed E-state index contributed by atoms with van der Waals surface area (Å²) in [5.74, 6) is -1.47. The van der Waals surface area contributed by atoms with E-state index in [9.17, 15) is 19.2 Å². The minimum absolute atomic E-state index is 0.130. The molecule has 0 radical (unpaired) electrons. The predicted octanol–water partition coefficient (Wildman–Crippen LogP) is 2.84. The van der Waals surface area contributed by atoms with Gasteiger partial charge in [0.2, 0.25) is 11.8 Å². The van der Waals surface area contributed by atoms with Gasteiger partial charge in [-0.3, -0.25) is 14.4 Å². The van der Waals surface area contributed by atoms with Gasteiger partial charge in [-0.25, -0.2) is 4.79 Å². The van der Waals surface area contributed by atoms with Crippen LogP contribution in [0.15, 0.2) is 54.6 Å². The Labute approximate surface area is 192 Å². The highest BCUT2D eigenvalue weighted by atomic mass is 16.4. The average Bonchev–Trinajstić information content (AvgIpc) is 3.25. The average molecular weight is 453 g/mol. The van der Waals surface area contributed by atoms with Gasteiger partial charge in [-0.15, -0.1) is 0 Å². The number of hydrogen-bond acceptors (Lipinski definition) is 4. The molecule has 2 aromatic rings. The fourth-order valence-electron chi connectivity index (χ4n) is 3.79. The highest BCUT2D eigenvalue weighted by Crippen LogP contribution is 2.20. The number of hydrogen-bond donors (Lipinski definition) is 4. The quantitative estimate of drug-likeness (QED) is 0.490. The van der Waals surface area contributed by atoms with Crippen molar-refractivity contribution in [2.45, 2.75) is 44.7 Å². The van der Waals surface area contributed by atoms with Crippen molar-refractivity contribution in [1.29, 1.82) is 0 Å². The summed E-state index contributed by atoms with van der Waals surface area (Å²) < 4.78 is 0. The number of carbonyl (C=O) groups excluding carboxylic acids is 3. The summed E-state index contributed by atoms with van der Waals surface area (Å²) >= 11 is 0. The van der Waals surface area contributed by atoms with Gasteiger partial charge in [0, 0.05) is 24.0 Å². The van der Waals surface area contributed by atoms with Crippen molar-refractivity contribution in [2.24, 2.45) is 0 Å². The first-order valence-corrected chi connectivity index (χ1v) is 10.9. The summed E-state index contributed by atoms with van der Waals surface area (Å²) in [6, 6.07) is 14.6. The highest BCUT2D eigenvalue weighted by Gasteiger charge is 2.34. The number of urea groups is 1. The number of aliphatic carboxylic acids is 1. The molecule has 2 aromatic carbocycles. The monoisotopic (exact) mass is 452 g/mol. The molecule has 3 rings (SSSR count). The first-order chi connectivity index (χ1) is 15.8. The smallest absolute Gasteiger partial charge is 0.323 e. The molecule has 9 nitrogen and oxygen atoms in total. The van der Waals surface area contributed by atoms with E-state index in [-0.39, 0.29) is 30.7 Å². The fraction of sp³-hybridized carbons (Fsp3) is 0.333. The molecule has 1 saturated heterocycles. The second-order valence-electron chi connectivity index (χ2n) is 8.07. The molecule has 1 fully saturated rings. The van der Waals surface area contributed by atoms with Gasteiger partial charge in [0.25, 0.3) is 0 Å². The van der Waals surface area contributed by atoms with E-state index in [1.165, 1.54) is 0 Å². The molecule has 4 amide bonds. The summed E-state index contributed by atoms with van der Waals surface area (Å²) in [5, 5.41) is 17.0. The summed E-state index contributed by atoms with van der Waals surface area (Å²) in [6.45, 7) is 2.12. The van der Waals surface area contributed by atoms with E-state index in [0.717, 1.165) is 12.0 Å². The Morgan fingerprint density at radius 3 is 2.27 bits per heavy atom. The van der Waals surface area contributed by atoms with Crippen molar-refractivity contribution in [3.8, 4) is 0 Å². The SMILES string of the molecule is C[C@H](CC(=O)O)NC(=O)[C@H]1CCCN1C(=O)Cc1ccc(NC(=O)Nc2ccccc2)cc1. The van der Waals surface area contributed by atoms with E-state index in [1.54, 1.807) is 48.2 Å². The van der Waals surface area contributed by atoms with Gasteiger partial charge in [-0.1, -0.05) is 30.3 Å². The normalized spacial score (nSPS) is 16.0. The van der Waals surface area contributed by atoms with Crippen LogP contribution in [0.5, 0.6) is 0 Å². The zero-order chi connectivity index (χ0) is 23.8. The van der Waals surface area contributed by atoms with Crippen LogP contribution in [0.4, 0.5) is 16.2 Å². The van der Waals surface area contributed by atoms with E-state index in [2.05, 4.69) is 16.0 Å². The Hall–Kier alpha value is -3.88. The first kappa shape index (κ1) is 23.8. The molecule has 174 valence electrons. The van der Waals surface area contributed by atoms with E-state index in [0.29, 0.717) is 24.3 Å². The number of likely N-dealkylation sites (tertiary alicyclic amines) is 1. The van der Waals surface area contributed by atoms with Gasteiger partial charge in [-0.05, 0) is 49.6 Å². The van der Waals surface area contributed by atoms with Gasteiger partial charge in [0.05, 0.1) is 12.8 Å². The molecule has 0 bridgehead atoms. The van der Waals surface area contributed by atoms with Crippen LogP contribution in [0.2, 0.25) is 0 Å². The lowest BCUT2D eigenvalue weighted by molar-refractivity contribution is -0.140. The number of benzene rings is 2. The van der Waals surface area contributed by atoms with Crippen LogP contribution < -0.4 is 16.0 Å². The van der Waals surface area contributed by atoms with Crippen LogP contribution in [-0.4, -0.2) is 52.4 Å². The van der Waals surface area contributed by atoms with E-state index >= 15 is 0 Å². The molecule has 1 heterocycles. The highest BCUT2D eigenvalue weighted by molar-refractivity contribution is 5.99. The molecule has 0 aliphatic carbocycles. The zero-order valence-electron chi connectivity index (χ0n) is 18.4. The second kappa shape index (κ2) is 11.1. The molecule has 33 heavy (non-hydrogen) atoms. The Bertz CT molecular complexity index is 994.